The van der Waals surface area contributed by atoms with Gasteiger partial charge in [0, 0.05) is 10.6 Å². The molecule has 2 aromatic carbocycles. The molecule has 0 heterocycles. The fraction of sp³-hybridized carbons (Fsp3) is 0.318. The first-order valence-electron chi connectivity index (χ1n) is 9.05. The van der Waals surface area contributed by atoms with Gasteiger partial charge in [-0.05, 0) is 54.5 Å². The zero-order chi connectivity index (χ0) is 17.2. The number of benzene rings is 2. The maximum Gasteiger partial charge on any atom is 0.0972 e. The van der Waals surface area contributed by atoms with E-state index in [9.17, 15) is 0 Å². The van der Waals surface area contributed by atoms with Gasteiger partial charge in [0.05, 0.1) is 10.7 Å². The monoisotopic (exact) mass is 367 g/mol. The lowest BCUT2D eigenvalue weighted by atomic mass is 9.91. The molecule has 3 heteroatoms. The second-order valence-electron chi connectivity index (χ2n) is 6.33. The summed E-state index contributed by atoms with van der Waals surface area (Å²) in [5, 5.41) is 3.27. The Labute approximate surface area is 160 Å². The van der Waals surface area contributed by atoms with E-state index in [-0.39, 0.29) is 0 Å². The molecule has 0 saturated heterocycles. The molecule has 0 spiro atoms. The molecule has 0 radical (unpaired) electrons. The van der Waals surface area contributed by atoms with E-state index in [1.54, 1.807) is 11.8 Å². The molecule has 3 rings (SSSR count). The van der Waals surface area contributed by atoms with Crippen LogP contribution in [0.15, 0.2) is 82.0 Å². The molecule has 1 fully saturated rings. The van der Waals surface area contributed by atoms with Crippen LogP contribution < -0.4 is 0 Å². The number of thioether (sulfide) groups is 2. The van der Waals surface area contributed by atoms with Crippen molar-refractivity contribution in [3.8, 4) is 0 Å². The van der Waals surface area contributed by atoms with E-state index in [4.69, 9.17) is 4.99 Å². The Kier molecular flexibility index (Phi) is 7.72. The zero-order valence-corrected chi connectivity index (χ0v) is 16.1. The largest absolute Gasteiger partial charge is 0.242 e. The van der Waals surface area contributed by atoms with Crippen LogP contribution in [0.3, 0.4) is 0 Å². The molecule has 1 aliphatic rings. The van der Waals surface area contributed by atoms with Crippen molar-refractivity contribution in [1.82, 2.24) is 0 Å². The Morgan fingerprint density at radius 1 is 0.920 bits per heavy atom. The van der Waals surface area contributed by atoms with Crippen LogP contribution in [0.1, 0.15) is 32.1 Å². The molecule has 2 aromatic rings. The highest BCUT2D eigenvalue weighted by molar-refractivity contribution is 8.14. The maximum atomic E-state index is 4.85. The molecule has 1 aliphatic carbocycles. The van der Waals surface area contributed by atoms with Crippen molar-refractivity contribution in [3.05, 3.63) is 72.1 Å². The fourth-order valence-corrected chi connectivity index (χ4v) is 4.80. The number of hydrogen-bond donors (Lipinski definition) is 0. The number of aliphatic imine (C=N–C) groups is 1. The van der Waals surface area contributed by atoms with Gasteiger partial charge in [0.1, 0.15) is 0 Å². The molecule has 0 unspecified atom stereocenters. The first-order valence-corrected chi connectivity index (χ1v) is 10.9. The van der Waals surface area contributed by atoms with E-state index < -0.39 is 0 Å². The van der Waals surface area contributed by atoms with Crippen LogP contribution in [0.4, 0.5) is 5.69 Å². The molecule has 25 heavy (non-hydrogen) atoms. The molecular weight excluding hydrogens is 342 g/mol. The number of rotatable bonds is 6. The van der Waals surface area contributed by atoms with E-state index in [0.29, 0.717) is 0 Å². The van der Waals surface area contributed by atoms with Gasteiger partial charge < -0.3 is 0 Å². The third-order valence-electron chi connectivity index (χ3n) is 4.35. The van der Waals surface area contributed by atoms with Crippen molar-refractivity contribution >= 4 is 34.3 Å². The van der Waals surface area contributed by atoms with Gasteiger partial charge in [-0.3, -0.25) is 0 Å². The number of para-hydroxylation sites is 1. The smallest absolute Gasteiger partial charge is 0.0972 e. The first-order chi connectivity index (χ1) is 12.4. The average molecular weight is 368 g/mol. The SMILES string of the molecule is C(=C\C(=Nc1ccccc1)SCC1CCCCC1)/Sc1ccccc1. The maximum absolute atomic E-state index is 4.85. The van der Waals surface area contributed by atoms with Crippen molar-refractivity contribution in [1.29, 1.82) is 0 Å². The number of nitrogens with zero attached hydrogens (tertiary/aromatic N) is 1. The third-order valence-corrected chi connectivity index (χ3v) is 6.32. The highest BCUT2D eigenvalue weighted by Gasteiger charge is 2.14. The topological polar surface area (TPSA) is 12.4 Å². The Bertz CT molecular complexity index is 674. The minimum atomic E-state index is 0.856. The molecule has 0 bridgehead atoms. The summed E-state index contributed by atoms with van der Waals surface area (Å²) in [6.07, 6.45) is 9.15. The van der Waals surface area contributed by atoms with Gasteiger partial charge in [0.25, 0.3) is 0 Å². The lowest BCUT2D eigenvalue weighted by molar-refractivity contribution is 0.391. The summed E-state index contributed by atoms with van der Waals surface area (Å²) in [6.45, 7) is 0. The lowest BCUT2D eigenvalue weighted by Gasteiger charge is -2.20. The summed E-state index contributed by atoms with van der Waals surface area (Å²) in [7, 11) is 0. The average Bonchev–Trinajstić information content (AvgIpc) is 2.68. The molecular formula is C22H25NS2. The molecule has 130 valence electrons. The Morgan fingerprint density at radius 3 is 2.32 bits per heavy atom. The van der Waals surface area contributed by atoms with Gasteiger partial charge in [-0.25, -0.2) is 4.99 Å². The Morgan fingerprint density at radius 2 is 1.60 bits per heavy atom. The van der Waals surface area contributed by atoms with Crippen LogP contribution in [-0.2, 0) is 0 Å². The molecule has 0 aromatic heterocycles. The summed E-state index contributed by atoms with van der Waals surface area (Å²) in [4.78, 5) is 6.11. The number of hydrogen-bond acceptors (Lipinski definition) is 3. The van der Waals surface area contributed by atoms with E-state index in [0.717, 1.165) is 16.6 Å². The summed E-state index contributed by atoms with van der Waals surface area (Å²) in [5.41, 5.74) is 1.03. The van der Waals surface area contributed by atoms with E-state index >= 15 is 0 Å². The molecule has 0 aliphatic heterocycles. The van der Waals surface area contributed by atoms with E-state index in [1.807, 2.05) is 30.0 Å². The van der Waals surface area contributed by atoms with Crippen molar-refractivity contribution in [2.24, 2.45) is 10.9 Å². The quantitative estimate of drug-likeness (QED) is 0.301. The van der Waals surface area contributed by atoms with E-state index in [2.05, 4.69) is 53.9 Å². The Hall–Kier alpha value is -1.45. The highest BCUT2D eigenvalue weighted by Crippen LogP contribution is 2.28. The fourth-order valence-electron chi connectivity index (χ4n) is 2.97. The van der Waals surface area contributed by atoms with Gasteiger partial charge >= 0.3 is 0 Å². The van der Waals surface area contributed by atoms with Gasteiger partial charge in [0.2, 0.25) is 0 Å². The predicted octanol–water partition coefficient (Wildman–Crippen LogP) is 7.34. The second kappa shape index (κ2) is 10.5. The van der Waals surface area contributed by atoms with Gasteiger partial charge in [-0.15, -0.1) is 11.8 Å². The standard InChI is InChI=1S/C22H25NS2/c1-4-10-19(11-5-1)18-25-22(23-20-12-6-2-7-13-20)16-17-24-21-14-8-3-9-15-21/h2-3,6-9,12-17,19H,1,4-5,10-11,18H2/b17-16+,23-22?. The minimum absolute atomic E-state index is 0.856. The molecule has 0 amide bonds. The summed E-state index contributed by atoms with van der Waals surface area (Å²) >= 11 is 3.65. The van der Waals surface area contributed by atoms with Gasteiger partial charge in [-0.1, -0.05) is 67.4 Å². The normalized spacial score (nSPS) is 16.4. The lowest BCUT2D eigenvalue weighted by Crippen LogP contribution is -2.09. The van der Waals surface area contributed by atoms with Crippen LogP contribution in [0.2, 0.25) is 0 Å². The highest BCUT2D eigenvalue weighted by atomic mass is 32.2. The molecule has 1 nitrogen and oxygen atoms in total. The van der Waals surface area contributed by atoms with Crippen LogP contribution >= 0.6 is 23.5 Å². The van der Waals surface area contributed by atoms with Crippen molar-refractivity contribution in [2.75, 3.05) is 5.75 Å². The van der Waals surface area contributed by atoms with Crippen LogP contribution in [0, 0.1) is 5.92 Å². The summed E-state index contributed by atoms with van der Waals surface area (Å²) in [6, 6.07) is 20.7. The summed E-state index contributed by atoms with van der Waals surface area (Å²) < 4.78 is 0. The van der Waals surface area contributed by atoms with Crippen LogP contribution in [0.5, 0.6) is 0 Å². The molecule has 1 saturated carbocycles. The second-order valence-corrected chi connectivity index (χ2v) is 8.35. The van der Waals surface area contributed by atoms with Gasteiger partial charge in [0.15, 0.2) is 0 Å². The van der Waals surface area contributed by atoms with E-state index in [1.165, 1.54) is 42.8 Å². The Balaban J connectivity index is 1.64. The first kappa shape index (κ1) is 18.3. The summed E-state index contributed by atoms with van der Waals surface area (Å²) in [5.74, 6) is 2.04. The third kappa shape index (κ3) is 6.75. The van der Waals surface area contributed by atoms with Crippen molar-refractivity contribution in [3.63, 3.8) is 0 Å². The van der Waals surface area contributed by atoms with Crippen LogP contribution in [0.25, 0.3) is 0 Å². The molecule has 0 N–H and O–H groups in total. The zero-order valence-electron chi connectivity index (χ0n) is 14.5. The van der Waals surface area contributed by atoms with Crippen LogP contribution in [-0.4, -0.2) is 10.8 Å². The van der Waals surface area contributed by atoms with Crippen molar-refractivity contribution in [2.45, 2.75) is 37.0 Å². The molecule has 0 atom stereocenters. The van der Waals surface area contributed by atoms with Gasteiger partial charge in [-0.2, -0.15) is 0 Å². The minimum Gasteiger partial charge on any atom is -0.242 e. The van der Waals surface area contributed by atoms with Crippen molar-refractivity contribution < 1.29 is 0 Å². The predicted molar refractivity (Wildman–Crippen MR) is 114 cm³/mol.